The second-order valence-electron chi connectivity index (χ2n) is 5.91. The van der Waals surface area contributed by atoms with Crippen LogP contribution in [-0.4, -0.2) is 23.7 Å². The fraction of sp³-hybridized carbons (Fsp3) is 0.400. The molecule has 0 amide bonds. The lowest BCUT2D eigenvalue weighted by Crippen LogP contribution is -2.33. The van der Waals surface area contributed by atoms with Crippen molar-refractivity contribution >= 4 is 11.8 Å². The van der Waals surface area contributed by atoms with Gasteiger partial charge in [-0.15, -0.1) is 24.9 Å². The van der Waals surface area contributed by atoms with Crippen LogP contribution in [0, 0.1) is 0 Å². The van der Waals surface area contributed by atoms with Crippen LogP contribution in [0.2, 0.25) is 0 Å². The minimum Gasteiger partial charge on any atom is -0.497 e. The number of thioether (sulfide) groups is 1. The first-order chi connectivity index (χ1) is 11.1. The zero-order chi connectivity index (χ0) is 16.8. The maximum atomic E-state index is 5.34. The number of hydrogen-bond acceptors (Lipinski definition) is 3. The summed E-state index contributed by atoms with van der Waals surface area (Å²) < 4.78 is 10.7. The molecule has 0 bridgehead atoms. The summed E-state index contributed by atoms with van der Waals surface area (Å²) in [5, 5.41) is 0. The average molecular weight is 330 g/mol. The smallest absolute Gasteiger partial charge is 0.114 e. The first-order valence-electron chi connectivity index (χ1n) is 7.90. The van der Waals surface area contributed by atoms with Gasteiger partial charge in [-0.25, -0.2) is 0 Å². The van der Waals surface area contributed by atoms with Crippen molar-refractivity contribution in [2.24, 2.45) is 0 Å². The third-order valence-corrected chi connectivity index (χ3v) is 6.01. The first kappa shape index (κ1) is 17.7. The molecule has 2 rings (SSSR count). The second-order valence-corrected chi connectivity index (χ2v) is 7.74. The van der Waals surface area contributed by atoms with Crippen LogP contribution in [0.4, 0.5) is 0 Å². The van der Waals surface area contributed by atoms with E-state index in [-0.39, 0.29) is 9.49 Å². The van der Waals surface area contributed by atoms with Gasteiger partial charge in [0.1, 0.15) is 11.5 Å². The van der Waals surface area contributed by atoms with Crippen molar-refractivity contribution in [3.05, 3.63) is 73.3 Å². The fourth-order valence-corrected chi connectivity index (χ4v) is 4.84. The van der Waals surface area contributed by atoms with Gasteiger partial charge in [-0.05, 0) is 50.0 Å². The normalized spacial score (nSPS) is 29.5. The molecule has 0 aromatic carbocycles. The number of hydrogen-bond donors (Lipinski definition) is 0. The molecule has 2 aliphatic carbocycles. The summed E-state index contributed by atoms with van der Waals surface area (Å²) in [4.78, 5) is 0. The Morgan fingerprint density at radius 3 is 1.65 bits per heavy atom. The zero-order valence-electron chi connectivity index (χ0n) is 14.1. The summed E-state index contributed by atoms with van der Waals surface area (Å²) in [5.41, 5.74) is 0. The molecule has 0 heterocycles. The van der Waals surface area contributed by atoms with E-state index in [0.717, 1.165) is 37.2 Å². The molecule has 3 heteroatoms. The molecule has 0 fully saturated rings. The molecular weight excluding hydrogens is 304 g/mol. The van der Waals surface area contributed by atoms with E-state index >= 15 is 0 Å². The van der Waals surface area contributed by atoms with Crippen molar-refractivity contribution in [2.75, 3.05) is 14.2 Å². The molecular formula is C20H26O2S. The van der Waals surface area contributed by atoms with Gasteiger partial charge in [0.05, 0.1) is 14.2 Å². The van der Waals surface area contributed by atoms with Crippen molar-refractivity contribution in [2.45, 2.75) is 35.2 Å². The van der Waals surface area contributed by atoms with Gasteiger partial charge in [0.15, 0.2) is 0 Å². The number of rotatable bonds is 8. The third-order valence-electron chi connectivity index (χ3n) is 4.26. The molecule has 0 saturated heterocycles. The summed E-state index contributed by atoms with van der Waals surface area (Å²) in [6.07, 6.45) is 20.8. The van der Waals surface area contributed by atoms with Crippen LogP contribution < -0.4 is 0 Å². The van der Waals surface area contributed by atoms with Gasteiger partial charge in [0.2, 0.25) is 0 Å². The number of methoxy groups -OCH3 is 2. The first-order valence-corrected chi connectivity index (χ1v) is 8.71. The summed E-state index contributed by atoms with van der Waals surface area (Å²) >= 11 is 1.99. The van der Waals surface area contributed by atoms with Crippen molar-refractivity contribution in [1.82, 2.24) is 0 Å². The Kier molecular flexibility index (Phi) is 6.00. The molecule has 2 atom stereocenters. The van der Waals surface area contributed by atoms with Crippen molar-refractivity contribution < 1.29 is 9.47 Å². The lowest BCUT2D eigenvalue weighted by Gasteiger charge is -2.41. The van der Waals surface area contributed by atoms with Crippen molar-refractivity contribution in [1.29, 1.82) is 0 Å². The summed E-state index contributed by atoms with van der Waals surface area (Å²) in [7, 11) is 3.42. The average Bonchev–Trinajstić information content (AvgIpc) is 2.57. The molecule has 23 heavy (non-hydrogen) atoms. The Labute approximate surface area is 144 Å². The minimum atomic E-state index is 0.00947. The molecule has 0 spiro atoms. The molecule has 0 radical (unpaired) electrons. The maximum absolute atomic E-state index is 5.34. The van der Waals surface area contributed by atoms with Crippen molar-refractivity contribution in [3.63, 3.8) is 0 Å². The van der Waals surface area contributed by atoms with Gasteiger partial charge >= 0.3 is 0 Å². The Morgan fingerprint density at radius 2 is 1.39 bits per heavy atom. The fourth-order valence-electron chi connectivity index (χ4n) is 3.02. The van der Waals surface area contributed by atoms with Crippen LogP contribution in [0.5, 0.6) is 0 Å². The van der Waals surface area contributed by atoms with E-state index in [2.05, 4.69) is 49.6 Å². The van der Waals surface area contributed by atoms with Gasteiger partial charge in [0, 0.05) is 9.49 Å². The van der Waals surface area contributed by atoms with E-state index in [1.165, 1.54) is 0 Å². The molecule has 0 N–H and O–H groups in total. The predicted molar refractivity (Wildman–Crippen MR) is 100 cm³/mol. The molecule has 2 aliphatic rings. The molecule has 0 aromatic heterocycles. The lowest BCUT2D eigenvalue weighted by atomic mass is 9.94. The summed E-state index contributed by atoms with van der Waals surface area (Å²) in [5.74, 6) is 1.87. The molecule has 0 aliphatic heterocycles. The second kappa shape index (κ2) is 7.78. The highest BCUT2D eigenvalue weighted by atomic mass is 32.2. The highest BCUT2D eigenvalue weighted by Crippen LogP contribution is 2.50. The van der Waals surface area contributed by atoms with Crippen molar-refractivity contribution in [3.8, 4) is 0 Å². The molecule has 2 nitrogen and oxygen atoms in total. The minimum absolute atomic E-state index is 0.00947. The standard InChI is InChI=1S/C20H26O2S/c1-5-11-19(13-7-17(21-3)8-14-19)23-20(12-6-2)15-9-18(22-4)10-16-20/h5-10,13,15H,1-2,11-12,14,16H2,3-4H3. The van der Waals surface area contributed by atoms with Crippen LogP contribution in [-0.2, 0) is 9.47 Å². The Bertz CT molecular complexity index is 520. The molecule has 124 valence electrons. The van der Waals surface area contributed by atoms with E-state index in [1.807, 2.05) is 23.9 Å². The van der Waals surface area contributed by atoms with E-state index in [4.69, 9.17) is 9.47 Å². The predicted octanol–water partition coefficient (Wildman–Crippen LogP) is 5.33. The Balaban J connectivity index is 2.24. The zero-order valence-corrected chi connectivity index (χ0v) is 14.9. The van der Waals surface area contributed by atoms with Gasteiger partial charge in [-0.1, -0.05) is 24.3 Å². The molecule has 0 saturated carbocycles. The highest BCUT2D eigenvalue weighted by Gasteiger charge is 2.39. The molecule has 0 aromatic rings. The maximum Gasteiger partial charge on any atom is 0.114 e. The van der Waals surface area contributed by atoms with Crippen LogP contribution in [0.15, 0.2) is 73.3 Å². The summed E-state index contributed by atoms with van der Waals surface area (Å²) in [6, 6.07) is 0. The van der Waals surface area contributed by atoms with Crippen LogP contribution in [0.1, 0.15) is 25.7 Å². The third kappa shape index (κ3) is 4.23. The van der Waals surface area contributed by atoms with Crippen LogP contribution in [0.25, 0.3) is 0 Å². The van der Waals surface area contributed by atoms with E-state index in [1.54, 1.807) is 14.2 Å². The Hall–Kier alpha value is -1.61. The number of allylic oxidation sites excluding steroid dienone is 6. The topological polar surface area (TPSA) is 18.5 Å². The van der Waals surface area contributed by atoms with Gasteiger partial charge in [-0.3, -0.25) is 0 Å². The van der Waals surface area contributed by atoms with Gasteiger partial charge < -0.3 is 9.47 Å². The van der Waals surface area contributed by atoms with Crippen LogP contribution >= 0.6 is 11.8 Å². The summed E-state index contributed by atoms with van der Waals surface area (Å²) in [6.45, 7) is 7.91. The van der Waals surface area contributed by atoms with E-state index < -0.39 is 0 Å². The Morgan fingerprint density at radius 1 is 0.957 bits per heavy atom. The van der Waals surface area contributed by atoms with Gasteiger partial charge in [-0.2, -0.15) is 0 Å². The largest absolute Gasteiger partial charge is 0.497 e. The lowest BCUT2D eigenvalue weighted by molar-refractivity contribution is 0.301. The van der Waals surface area contributed by atoms with Crippen LogP contribution in [0.3, 0.4) is 0 Å². The van der Waals surface area contributed by atoms with E-state index in [0.29, 0.717) is 0 Å². The molecule has 2 unspecified atom stereocenters. The monoisotopic (exact) mass is 330 g/mol. The number of ether oxygens (including phenoxy) is 2. The van der Waals surface area contributed by atoms with Gasteiger partial charge in [0.25, 0.3) is 0 Å². The quantitative estimate of drug-likeness (QED) is 0.560. The van der Waals surface area contributed by atoms with E-state index in [9.17, 15) is 0 Å². The SMILES string of the molecule is C=CCC1(SC2(CC=C)C=CC(OC)=CC2)C=CC(OC)=CC1. The highest BCUT2D eigenvalue weighted by molar-refractivity contribution is 8.02.